The van der Waals surface area contributed by atoms with Crippen molar-refractivity contribution in [3.8, 4) is 5.88 Å². The number of hydrogen-bond donors (Lipinski definition) is 0. The average molecular weight is 319 g/mol. The van der Waals surface area contributed by atoms with Crippen molar-refractivity contribution in [1.29, 1.82) is 0 Å². The molecular formula is C16H21N3O2S. The van der Waals surface area contributed by atoms with Crippen molar-refractivity contribution in [2.45, 2.75) is 33.7 Å². The quantitative estimate of drug-likeness (QED) is 0.847. The van der Waals surface area contributed by atoms with Gasteiger partial charge in [0.05, 0.1) is 23.4 Å². The normalized spacial score (nSPS) is 12.0. The Hall–Kier alpha value is -1.95. The number of pyridine rings is 1. The number of aryl methyl sites for hydroxylation is 2. The Kier molecular flexibility index (Phi) is 5.13. The van der Waals surface area contributed by atoms with Crippen LogP contribution in [0.2, 0.25) is 0 Å². The van der Waals surface area contributed by atoms with Gasteiger partial charge in [-0.1, -0.05) is 0 Å². The summed E-state index contributed by atoms with van der Waals surface area (Å²) in [5, 5.41) is 1.01. The molecule has 0 N–H and O–H groups in total. The van der Waals surface area contributed by atoms with E-state index < -0.39 is 0 Å². The van der Waals surface area contributed by atoms with Crippen LogP contribution in [-0.4, -0.2) is 34.4 Å². The molecule has 6 heteroatoms. The van der Waals surface area contributed by atoms with E-state index in [1.165, 1.54) is 0 Å². The highest BCUT2D eigenvalue weighted by molar-refractivity contribution is 7.11. The van der Waals surface area contributed by atoms with Gasteiger partial charge in [0.2, 0.25) is 5.88 Å². The van der Waals surface area contributed by atoms with Crippen molar-refractivity contribution >= 4 is 17.2 Å². The SMILES string of the molecule is CCOc1ncccc1C(=O)N(C)C(C)c1nc(C)sc1C. The monoisotopic (exact) mass is 319 g/mol. The van der Waals surface area contributed by atoms with Crippen LogP contribution in [0.5, 0.6) is 5.88 Å². The highest BCUT2D eigenvalue weighted by Gasteiger charge is 2.25. The molecule has 0 aliphatic carbocycles. The first kappa shape index (κ1) is 16.4. The van der Waals surface area contributed by atoms with Crippen molar-refractivity contribution < 1.29 is 9.53 Å². The number of hydrogen-bond acceptors (Lipinski definition) is 5. The second kappa shape index (κ2) is 6.87. The van der Waals surface area contributed by atoms with E-state index in [0.29, 0.717) is 18.1 Å². The van der Waals surface area contributed by atoms with Crippen molar-refractivity contribution in [3.05, 3.63) is 39.5 Å². The van der Waals surface area contributed by atoms with Crippen LogP contribution < -0.4 is 4.74 Å². The first-order chi connectivity index (χ1) is 10.5. The van der Waals surface area contributed by atoms with E-state index in [9.17, 15) is 4.79 Å². The van der Waals surface area contributed by atoms with E-state index in [0.717, 1.165) is 15.6 Å². The molecule has 1 amide bonds. The molecule has 0 aliphatic rings. The summed E-state index contributed by atoms with van der Waals surface area (Å²) in [7, 11) is 1.78. The minimum absolute atomic E-state index is 0.105. The first-order valence-corrected chi connectivity index (χ1v) is 8.06. The topological polar surface area (TPSA) is 55.3 Å². The summed E-state index contributed by atoms with van der Waals surface area (Å²) >= 11 is 1.65. The summed E-state index contributed by atoms with van der Waals surface area (Å²) in [5.74, 6) is 0.259. The van der Waals surface area contributed by atoms with Gasteiger partial charge < -0.3 is 9.64 Å². The van der Waals surface area contributed by atoms with E-state index in [1.54, 1.807) is 41.6 Å². The predicted octanol–water partition coefficient (Wildman–Crippen LogP) is 3.39. The van der Waals surface area contributed by atoms with Gasteiger partial charge >= 0.3 is 0 Å². The maximum absolute atomic E-state index is 12.8. The zero-order chi connectivity index (χ0) is 16.3. The Labute approximate surface area is 135 Å². The van der Waals surface area contributed by atoms with Crippen molar-refractivity contribution in [1.82, 2.24) is 14.9 Å². The lowest BCUT2D eigenvalue weighted by Gasteiger charge is -2.25. The van der Waals surface area contributed by atoms with Crippen LogP contribution in [0.3, 0.4) is 0 Å². The molecule has 1 unspecified atom stereocenters. The summed E-state index contributed by atoms with van der Waals surface area (Å²) in [6.45, 7) is 8.34. The number of aromatic nitrogens is 2. The Bertz CT molecular complexity index is 669. The van der Waals surface area contributed by atoms with E-state index in [4.69, 9.17) is 4.74 Å². The number of carbonyl (C=O) groups is 1. The van der Waals surface area contributed by atoms with Crippen molar-refractivity contribution in [3.63, 3.8) is 0 Å². The molecule has 2 aromatic rings. The maximum Gasteiger partial charge on any atom is 0.259 e. The summed E-state index contributed by atoms with van der Waals surface area (Å²) in [5.41, 5.74) is 1.42. The third-order valence-corrected chi connectivity index (χ3v) is 4.42. The van der Waals surface area contributed by atoms with Crippen LogP contribution in [0.4, 0.5) is 0 Å². The summed E-state index contributed by atoms with van der Waals surface area (Å²) in [6.07, 6.45) is 1.62. The lowest BCUT2D eigenvalue weighted by molar-refractivity contribution is 0.0734. The fraction of sp³-hybridized carbons (Fsp3) is 0.438. The number of rotatable bonds is 5. The molecule has 0 spiro atoms. The minimum Gasteiger partial charge on any atom is -0.477 e. The van der Waals surface area contributed by atoms with Gasteiger partial charge in [-0.2, -0.15) is 0 Å². The molecular weight excluding hydrogens is 298 g/mol. The van der Waals surface area contributed by atoms with Crippen molar-refractivity contribution in [2.75, 3.05) is 13.7 Å². The van der Waals surface area contributed by atoms with Gasteiger partial charge in [0.25, 0.3) is 5.91 Å². The van der Waals surface area contributed by atoms with Crippen LogP contribution >= 0.6 is 11.3 Å². The van der Waals surface area contributed by atoms with E-state index >= 15 is 0 Å². The van der Waals surface area contributed by atoms with E-state index in [1.807, 2.05) is 27.7 Å². The van der Waals surface area contributed by atoms with Gasteiger partial charge in [0.15, 0.2) is 0 Å². The minimum atomic E-state index is -0.117. The zero-order valence-corrected chi connectivity index (χ0v) is 14.4. The molecule has 0 saturated carbocycles. The number of thiazole rings is 1. The van der Waals surface area contributed by atoms with E-state index in [-0.39, 0.29) is 11.9 Å². The summed E-state index contributed by atoms with van der Waals surface area (Å²) < 4.78 is 5.45. The molecule has 0 aromatic carbocycles. The van der Waals surface area contributed by atoms with Crippen LogP contribution in [-0.2, 0) is 0 Å². The molecule has 0 saturated heterocycles. The Morgan fingerprint density at radius 1 is 1.45 bits per heavy atom. The molecule has 2 rings (SSSR count). The third-order valence-electron chi connectivity index (χ3n) is 3.52. The molecule has 0 fully saturated rings. The number of carbonyl (C=O) groups excluding carboxylic acids is 1. The fourth-order valence-corrected chi connectivity index (χ4v) is 3.20. The average Bonchev–Trinajstić information content (AvgIpc) is 2.84. The number of nitrogens with zero attached hydrogens (tertiary/aromatic N) is 3. The number of amides is 1. The van der Waals surface area contributed by atoms with E-state index in [2.05, 4.69) is 9.97 Å². The van der Waals surface area contributed by atoms with Gasteiger partial charge in [-0.05, 0) is 39.8 Å². The van der Waals surface area contributed by atoms with Crippen LogP contribution in [0.15, 0.2) is 18.3 Å². The fourth-order valence-electron chi connectivity index (χ4n) is 2.29. The highest BCUT2D eigenvalue weighted by atomic mass is 32.1. The summed E-state index contributed by atoms with van der Waals surface area (Å²) in [6, 6.07) is 3.38. The molecule has 22 heavy (non-hydrogen) atoms. The number of ether oxygens (including phenoxy) is 1. The van der Waals surface area contributed by atoms with Gasteiger partial charge in [-0.15, -0.1) is 11.3 Å². The van der Waals surface area contributed by atoms with Gasteiger partial charge in [0, 0.05) is 18.1 Å². The molecule has 2 aromatic heterocycles. The van der Waals surface area contributed by atoms with Crippen LogP contribution in [0.1, 0.15) is 45.8 Å². The highest BCUT2D eigenvalue weighted by Crippen LogP contribution is 2.28. The zero-order valence-electron chi connectivity index (χ0n) is 13.6. The third kappa shape index (κ3) is 3.27. The summed E-state index contributed by atoms with van der Waals surface area (Å²) in [4.78, 5) is 24.3. The second-order valence-corrected chi connectivity index (χ2v) is 6.46. The smallest absolute Gasteiger partial charge is 0.259 e. The molecule has 0 bridgehead atoms. The Morgan fingerprint density at radius 3 is 2.77 bits per heavy atom. The van der Waals surface area contributed by atoms with Crippen LogP contribution in [0, 0.1) is 13.8 Å². The lowest BCUT2D eigenvalue weighted by Crippen LogP contribution is -2.30. The molecule has 5 nitrogen and oxygen atoms in total. The molecule has 1 atom stereocenters. The molecule has 118 valence electrons. The molecule has 2 heterocycles. The van der Waals surface area contributed by atoms with Gasteiger partial charge in [-0.25, -0.2) is 9.97 Å². The lowest BCUT2D eigenvalue weighted by atomic mass is 10.1. The predicted molar refractivity (Wildman–Crippen MR) is 87.5 cm³/mol. The standard InChI is InChI=1S/C16H21N3O2S/c1-6-21-15-13(8-7-9-17-15)16(20)19(5)10(2)14-11(3)22-12(4)18-14/h7-10H,6H2,1-5H3. The molecule has 0 aliphatic heterocycles. The van der Waals surface area contributed by atoms with Gasteiger partial charge in [-0.3, -0.25) is 4.79 Å². The Balaban J connectivity index is 2.27. The molecule has 0 radical (unpaired) electrons. The Morgan fingerprint density at radius 2 is 2.18 bits per heavy atom. The van der Waals surface area contributed by atoms with Gasteiger partial charge in [0.1, 0.15) is 5.56 Å². The first-order valence-electron chi connectivity index (χ1n) is 7.24. The van der Waals surface area contributed by atoms with Crippen molar-refractivity contribution in [2.24, 2.45) is 0 Å². The van der Waals surface area contributed by atoms with Crippen LogP contribution in [0.25, 0.3) is 0 Å². The maximum atomic E-state index is 12.8. The second-order valence-electron chi connectivity index (χ2n) is 5.06. The largest absolute Gasteiger partial charge is 0.477 e.